The number of allylic oxidation sites excluding steroid dienone is 4. The van der Waals surface area contributed by atoms with Crippen LogP contribution in [-0.4, -0.2) is 17.9 Å². The van der Waals surface area contributed by atoms with Crippen molar-refractivity contribution in [3.8, 4) is 0 Å². The first-order valence-corrected chi connectivity index (χ1v) is 8.45. The summed E-state index contributed by atoms with van der Waals surface area (Å²) in [5.41, 5.74) is 0. The number of Topliss-reactive ketones (excluding diaryl/α,β-unsaturated/α-hetero) is 1. The number of rotatable bonds is 8. The zero-order valence-electron chi connectivity index (χ0n) is 14.4. The van der Waals surface area contributed by atoms with Crippen molar-refractivity contribution in [2.75, 3.05) is 0 Å². The smallest absolute Gasteiger partial charge is 0.306 e. The SMILES string of the molecule is C/C=C/[C@H]1[C@H](C)CC(=O)[C@@H]1C/C=C\CCCC(=O)OC(C)C. The van der Waals surface area contributed by atoms with E-state index >= 15 is 0 Å². The number of hydrogen-bond donors (Lipinski definition) is 0. The summed E-state index contributed by atoms with van der Waals surface area (Å²) < 4.78 is 5.09. The van der Waals surface area contributed by atoms with E-state index in [-0.39, 0.29) is 18.0 Å². The molecule has 0 aromatic heterocycles. The van der Waals surface area contributed by atoms with E-state index in [0.717, 1.165) is 19.3 Å². The monoisotopic (exact) mass is 306 g/mol. The van der Waals surface area contributed by atoms with Crippen LogP contribution in [0.3, 0.4) is 0 Å². The summed E-state index contributed by atoms with van der Waals surface area (Å²) >= 11 is 0. The lowest BCUT2D eigenvalue weighted by atomic mass is 9.87. The van der Waals surface area contributed by atoms with E-state index in [0.29, 0.717) is 30.5 Å². The first kappa shape index (κ1) is 18.7. The third kappa shape index (κ3) is 6.17. The standard InChI is InChI=1S/C19H30O3/c1-5-10-16-15(4)13-18(20)17(16)11-8-6-7-9-12-19(21)22-14(2)3/h5-6,8,10,14-17H,7,9,11-13H2,1-4H3/b8-6-,10-5+/t15-,16+,17-/m1/s1. The van der Waals surface area contributed by atoms with Crippen LogP contribution < -0.4 is 0 Å². The van der Waals surface area contributed by atoms with Crippen molar-refractivity contribution in [3.05, 3.63) is 24.3 Å². The molecule has 1 aliphatic rings. The summed E-state index contributed by atoms with van der Waals surface area (Å²) in [7, 11) is 0. The van der Waals surface area contributed by atoms with Crippen molar-refractivity contribution >= 4 is 11.8 Å². The number of unbranched alkanes of at least 4 members (excludes halogenated alkanes) is 1. The fraction of sp³-hybridized carbons (Fsp3) is 0.684. The molecular weight excluding hydrogens is 276 g/mol. The van der Waals surface area contributed by atoms with Gasteiger partial charge in [0, 0.05) is 18.8 Å². The minimum absolute atomic E-state index is 0.0398. The number of esters is 1. The molecule has 124 valence electrons. The Labute approximate surface area is 134 Å². The molecule has 3 nitrogen and oxygen atoms in total. The van der Waals surface area contributed by atoms with Gasteiger partial charge in [0.15, 0.2) is 0 Å². The first-order valence-electron chi connectivity index (χ1n) is 8.45. The van der Waals surface area contributed by atoms with Crippen LogP contribution >= 0.6 is 0 Å². The summed E-state index contributed by atoms with van der Waals surface area (Å²) in [5.74, 6) is 1.22. The second kappa shape index (κ2) is 9.60. The van der Waals surface area contributed by atoms with Crippen molar-refractivity contribution < 1.29 is 14.3 Å². The molecule has 0 heterocycles. The fourth-order valence-electron chi connectivity index (χ4n) is 3.10. The molecule has 1 aliphatic carbocycles. The van der Waals surface area contributed by atoms with E-state index in [1.165, 1.54) is 0 Å². The van der Waals surface area contributed by atoms with Crippen molar-refractivity contribution in [1.82, 2.24) is 0 Å². The van der Waals surface area contributed by atoms with E-state index < -0.39 is 0 Å². The first-order chi connectivity index (χ1) is 10.5. The van der Waals surface area contributed by atoms with Gasteiger partial charge in [-0.05, 0) is 51.9 Å². The van der Waals surface area contributed by atoms with Gasteiger partial charge in [0.05, 0.1) is 6.10 Å². The summed E-state index contributed by atoms with van der Waals surface area (Å²) in [4.78, 5) is 23.4. The molecule has 1 fully saturated rings. The van der Waals surface area contributed by atoms with E-state index in [4.69, 9.17) is 4.74 Å². The van der Waals surface area contributed by atoms with Crippen LogP contribution in [0.2, 0.25) is 0 Å². The van der Waals surface area contributed by atoms with Crippen molar-refractivity contribution in [1.29, 1.82) is 0 Å². The van der Waals surface area contributed by atoms with Crippen LogP contribution in [0.5, 0.6) is 0 Å². The number of hydrogen-bond acceptors (Lipinski definition) is 3. The van der Waals surface area contributed by atoms with Gasteiger partial charge < -0.3 is 4.74 Å². The Morgan fingerprint density at radius 3 is 2.73 bits per heavy atom. The Hall–Kier alpha value is -1.38. The summed E-state index contributed by atoms with van der Waals surface area (Å²) in [5, 5.41) is 0. The van der Waals surface area contributed by atoms with Crippen molar-refractivity contribution in [2.24, 2.45) is 17.8 Å². The normalized spacial score (nSPS) is 25.7. The third-order valence-corrected chi connectivity index (χ3v) is 4.15. The zero-order chi connectivity index (χ0) is 16.5. The van der Waals surface area contributed by atoms with Gasteiger partial charge in [-0.15, -0.1) is 0 Å². The molecule has 0 N–H and O–H groups in total. The topological polar surface area (TPSA) is 43.4 Å². The number of carbonyl (C=O) groups excluding carboxylic acids is 2. The molecule has 0 aromatic rings. The van der Waals surface area contributed by atoms with Gasteiger partial charge in [-0.1, -0.05) is 31.2 Å². The molecule has 1 rings (SSSR count). The van der Waals surface area contributed by atoms with Gasteiger partial charge in [-0.2, -0.15) is 0 Å². The van der Waals surface area contributed by atoms with Crippen molar-refractivity contribution in [3.63, 3.8) is 0 Å². The Bertz CT molecular complexity index is 420. The Balaban J connectivity index is 2.30. The molecular formula is C19H30O3. The lowest BCUT2D eigenvalue weighted by molar-refractivity contribution is -0.147. The molecule has 0 aromatic carbocycles. The van der Waals surface area contributed by atoms with E-state index in [2.05, 4.69) is 31.2 Å². The average Bonchev–Trinajstić information content (AvgIpc) is 2.68. The minimum atomic E-state index is -0.128. The highest BCUT2D eigenvalue weighted by Crippen LogP contribution is 2.37. The Morgan fingerprint density at radius 2 is 2.09 bits per heavy atom. The fourth-order valence-corrected chi connectivity index (χ4v) is 3.10. The molecule has 0 amide bonds. The van der Waals surface area contributed by atoms with Crippen LogP contribution in [0.25, 0.3) is 0 Å². The van der Waals surface area contributed by atoms with Gasteiger partial charge >= 0.3 is 5.97 Å². The largest absolute Gasteiger partial charge is 0.463 e. The highest BCUT2D eigenvalue weighted by atomic mass is 16.5. The average molecular weight is 306 g/mol. The quantitative estimate of drug-likeness (QED) is 0.377. The lowest BCUT2D eigenvalue weighted by Crippen LogP contribution is -2.14. The van der Waals surface area contributed by atoms with Crippen LogP contribution in [0.4, 0.5) is 0 Å². The predicted molar refractivity (Wildman–Crippen MR) is 89.4 cm³/mol. The second-order valence-corrected chi connectivity index (χ2v) is 6.50. The molecule has 3 atom stereocenters. The summed E-state index contributed by atoms with van der Waals surface area (Å²) in [6.07, 6.45) is 12.0. The van der Waals surface area contributed by atoms with Crippen LogP contribution in [-0.2, 0) is 14.3 Å². The maximum atomic E-state index is 12.1. The number of ketones is 1. The van der Waals surface area contributed by atoms with E-state index in [1.807, 2.05) is 20.8 Å². The molecule has 0 bridgehead atoms. The highest BCUT2D eigenvalue weighted by molar-refractivity contribution is 5.84. The summed E-state index contributed by atoms with van der Waals surface area (Å²) in [6.45, 7) is 7.89. The Morgan fingerprint density at radius 1 is 1.36 bits per heavy atom. The second-order valence-electron chi connectivity index (χ2n) is 6.50. The van der Waals surface area contributed by atoms with Crippen LogP contribution in [0.15, 0.2) is 24.3 Å². The van der Waals surface area contributed by atoms with Gasteiger partial charge in [0.25, 0.3) is 0 Å². The minimum Gasteiger partial charge on any atom is -0.463 e. The molecule has 22 heavy (non-hydrogen) atoms. The predicted octanol–water partition coefficient (Wildman–Crippen LogP) is 4.47. The molecule has 0 spiro atoms. The van der Waals surface area contributed by atoms with Crippen LogP contribution in [0.1, 0.15) is 59.8 Å². The van der Waals surface area contributed by atoms with E-state index in [1.54, 1.807) is 0 Å². The Kier molecular flexibility index (Phi) is 8.15. The molecule has 3 heteroatoms. The molecule has 0 radical (unpaired) electrons. The highest BCUT2D eigenvalue weighted by Gasteiger charge is 2.37. The van der Waals surface area contributed by atoms with Gasteiger partial charge in [-0.3, -0.25) is 9.59 Å². The van der Waals surface area contributed by atoms with Gasteiger partial charge in [0.2, 0.25) is 0 Å². The van der Waals surface area contributed by atoms with Gasteiger partial charge in [-0.25, -0.2) is 0 Å². The molecule has 1 saturated carbocycles. The molecule has 0 unspecified atom stereocenters. The third-order valence-electron chi connectivity index (χ3n) is 4.15. The maximum Gasteiger partial charge on any atom is 0.306 e. The molecule has 0 aliphatic heterocycles. The lowest BCUT2D eigenvalue weighted by Gasteiger charge is -2.16. The van der Waals surface area contributed by atoms with Crippen LogP contribution in [0, 0.1) is 17.8 Å². The number of carbonyl (C=O) groups is 2. The van der Waals surface area contributed by atoms with Crippen molar-refractivity contribution in [2.45, 2.75) is 65.9 Å². The molecule has 0 saturated heterocycles. The number of ether oxygens (including phenoxy) is 1. The zero-order valence-corrected chi connectivity index (χ0v) is 14.4. The van der Waals surface area contributed by atoms with E-state index in [9.17, 15) is 9.59 Å². The maximum absolute atomic E-state index is 12.1. The summed E-state index contributed by atoms with van der Waals surface area (Å²) in [6, 6.07) is 0. The van der Waals surface area contributed by atoms with Gasteiger partial charge in [0.1, 0.15) is 5.78 Å².